The number of carbonyl (C=O) groups is 1. The Hall–Kier alpha value is -2.25. The van der Waals surface area contributed by atoms with E-state index < -0.39 is 0 Å². The number of carbonyl (C=O) groups excluding carboxylic acids is 1. The SMILES string of the molecule is CCOC(=O)c1ccc(-n2cc(N)c(-c3cc(Br)c(O)c(Br)c3)c2)cc1. The fraction of sp³-hybridized carbons (Fsp3) is 0.105. The normalized spacial score (nSPS) is 10.7. The molecule has 0 aliphatic heterocycles. The van der Waals surface area contributed by atoms with Crippen LogP contribution >= 0.6 is 31.9 Å². The van der Waals surface area contributed by atoms with Gasteiger partial charge in [0, 0.05) is 23.6 Å². The standard InChI is InChI=1S/C19H16Br2N2O3/c1-2-26-19(25)11-3-5-13(6-4-11)23-9-14(17(22)10-23)12-7-15(20)18(24)16(21)8-12/h3-10,24H,2,22H2,1H3. The van der Waals surface area contributed by atoms with E-state index in [9.17, 15) is 9.90 Å². The molecule has 0 saturated heterocycles. The van der Waals surface area contributed by atoms with Crippen molar-refractivity contribution in [3.8, 4) is 22.6 Å². The van der Waals surface area contributed by atoms with Crippen molar-refractivity contribution in [3.63, 3.8) is 0 Å². The van der Waals surface area contributed by atoms with Crippen LogP contribution in [0.5, 0.6) is 5.75 Å². The third kappa shape index (κ3) is 3.64. The summed E-state index contributed by atoms with van der Waals surface area (Å²) in [4.78, 5) is 11.7. The van der Waals surface area contributed by atoms with Gasteiger partial charge in [-0.1, -0.05) is 0 Å². The predicted molar refractivity (Wildman–Crippen MR) is 109 cm³/mol. The van der Waals surface area contributed by atoms with Gasteiger partial charge >= 0.3 is 5.97 Å². The lowest BCUT2D eigenvalue weighted by atomic mass is 10.1. The summed E-state index contributed by atoms with van der Waals surface area (Å²) in [6.07, 6.45) is 3.71. The van der Waals surface area contributed by atoms with E-state index in [-0.39, 0.29) is 11.7 Å². The van der Waals surface area contributed by atoms with Gasteiger partial charge in [-0.05, 0) is 80.7 Å². The molecular formula is C19H16Br2N2O3. The van der Waals surface area contributed by atoms with Gasteiger partial charge in [-0.25, -0.2) is 4.79 Å². The van der Waals surface area contributed by atoms with Gasteiger partial charge in [0.15, 0.2) is 0 Å². The lowest BCUT2D eigenvalue weighted by Gasteiger charge is -2.06. The molecule has 0 unspecified atom stereocenters. The van der Waals surface area contributed by atoms with Crippen LogP contribution in [0, 0.1) is 0 Å². The number of nitrogens with zero attached hydrogens (tertiary/aromatic N) is 1. The van der Waals surface area contributed by atoms with Crippen molar-refractivity contribution in [1.82, 2.24) is 4.57 Å². The minimum absolute atomic E-state index is 0.140. The van der Waals surface area contributed by atoms with E-state index >= 15 is 0 Å². The van der Waals surface area contributed by atoms with Crippen LogP contribution in [0.25, 0.3) is 16.8 Å². The Balaban J connectivity index is 1.95. The minimum atomic E-state index is -0.342. The Kier molecular flexibility index (Phi) is 5.38. The monoisotopic (exact) mass is 478 g/mol. The van der Waals surface area contributed by atoms with Crippen molar-refractivity contribution in [2.24, 2.45) is 0 Å². The molecule has 3 aromatic rings. The molecule has 2 aromatic carbocycles. The smallest absolute Gasteiger partial charge is 0.338 e. The zero-order valence-electron chi connectivity index (χ0n) is 13.9. The van der Waals surface area contributed by atoms with Crippen molar-refractivity contribution in [2.75, 3.05) is 12.3 Å². The summed E-state index contributed by atoms with van der Waals surface area (Å²) < 4.78 is 8.03. The zero-order chi connectivity index (χ0) is 18.8. The number of benzene rings is 2. The number of esters is 1. The summed E-state index contributed by atoms with van der Waals surface area (Å²) in [6.45, 7) is 2.12. The molecule has 0 amide bonds. The second-order valence-corrected chi connectivity index (χ2v) is 7.30. The van der Waals surface area contributed by atoms with Crippen molar-refractivity contribution in [1.29, 1.82) is 0 Å². The van der Waals surface area contributed by atoms with Gasteiger partial charge in [0.2, 0.25) is 0 Å². The number of ether oxygens (including phenoxy) is 1. The molecule has 3 N–H and O–H groups in total. The number of rotatable bonds is 4. The Morgan fingerprint density at radius 1 is 1.15 bits per heavy atom. The lowest BCUT2D eigenvalue weighted by molar-refractivity contribution is 0.0526. The second kappa shape index (κ2) is 7.55. The van der Waals surface area contributed by atoms with Crippen LogP contribution in [0.15, 0.2) is 57.7 Å². The van der Waals surface area contributed by atoms with Crippen LogP contribution in [0.1, 0.15) is 17.3 Å². The van der Waals surface area contributed by atoms with Crippen LogP contribution in [-0.2, 0) is 4.74 Å². The Bertz CT molecular complexity index is 942. The molecule has 0 spiro atoms. The molecule has 1 heterocycles. The predicted octanol–water partition coefficient (Wildman–Crippen LogP) is 5.13. The third-order valence-corrected chi connectivity index (χ3v) is 5.07. The van der Waals surface area contributed by atoms with Gasteiger partial charge in [-0.2, -0.15) is 0 Å². The van der Waals surface area contributed by atoms with Crippen molar-refractivity contribution < 1.29 is 14.6 Å². The molecule has 5 nitrogen and oxygen atoms in total. The van der Waals surface area contributed by atoms with Crippen LogP contribution in [0.4, 0.5) is 5.69 Å². The zero-order valence-corrected chi connectivity index (χ0v) is 17.0. The molecule has 134 valence electrons. The summed E-state index contributed by atoms with van der Waals surface area (Å²) >= 11 is 6.67. The van der Waals surface area contributed by atoms with E-state index in [4.69, 9.17) is 10.5 Å². The molecule has 0 atom stereocenters. The molecule has 0 fully saturated rings. The van der Waals surface area contributed by atoms with E-state index in [1.807, 2.05) is 29.1 Å². The summed E-state index contributed by atoms with van der Waals surface area (Å²) in [6, 6.07) is 10.7. The maximum Gasteiger partial charge on any atom is 0.338 e. The highest BCUT2D eigenvalue weighted by atomic mass is 79.9. The summed E-state index contributed by atoms with van der Waals surface area (Å²) in [7, 11) is 0. The molecule has 0 aliphatic carbocycles. The van der Waals surface area contributed by atoms with Crippen molar-refractivity contribution >= 4 is 43.5 Å². The van der Waals surface area contributed by atoms with Gasteiger partial charge in [0.1, 0.15) is 5.75 Å². The Labute approximate surface area is 167 Å². The average molecular weight is 480 g/mol. The van der Waals surface area contributed by atoms with Crippen LogP contribution < -0.4 is 5.73 Å². The summed E-state index contributed by atoms with van der Waals surface area (Å²) in [5.41, 5.74) is 9.85. The number of nitrogens with two attached hydrogens (primary N) is 1. The average Bonchev–Trinajstić information content (AvgIpc) is 3.01. The van der Waals surface area contributed by atoms with Gasteiger partial charge in [-0.3, -0.25) is 0 Å². The number of anilines is 1. The molecule has 0 aliphatic rings. The Morgan fingerprint density at radius 3 is 2.35 bits per heavy atom. The molecule has 0 saturated carbocycles. The number of hydrogen-bond donors (Lipinski definition) is 2. The number of phenolic OH excluding ortho intramolecular Hbond substituents is 1. The maximum atomic E-state index is 11.7. The highest BCUT2D eigenvalue weighted by molar-refractivity contribution is 9.11. The number of hydrogen-bond acceptors (Lipinski definition) is 4. The first-order valence-electron chi connectivity index (χ1n) is 7.84. The van der Waals surface area contributed by atoms with Gasteiger partial charge in [0.05, 0.1) is 26.8 Å². The highest BCUT2D eigenvalue weighted by Gasteiger charge is 2.13. The van der Waals surface area contributed by atoms with E-state index in [1.54, 1.807) is 31.2 Å². The number of phenols is 1. The van der Waals surface area contributed by atoms with Gasteiger partial charge in [-0.15, -0.1) is 0 Å². The third-order valence-electron chi connectivity index (χ3n) is 3.86. The topological polar surface area (TPSA) is 77.5 Å². The lowest BCUT2D eigenvalue weighted by Crippen LogP contribution is -2.04. The van der Waals surface area contributed by atoms with Gasteiger partial charge < -0.3 is 20.1 Å². The largest absolute Gasteiger partial charge is 0.506 e. The number of nitrogen functional groups attached to an aromatic ring is 1. The molecule has 7 heteroatoms. The van der Waals surface area contributed by atoms with Crippen LogP contribution in [-0.4, -0.2) is 22.2 Å². The minimum Gasteiger partial charge on any atom is -0.506 e. The summed E-state index contributed by atoms with van der Waals surface area (Å²) in [5.74, 6) is -0.202. The number of aromatic nitrogens is 1. The van der Waals surface area contributed by atoms with Crippen molar-refractivity contribution in [2.45, 2.75) is 6.92 Å². The molecular weight excluding hydrogens is 464 g/mol. The first-order chi connectivity index (χ1) is 12.4. The molecule has 3 rings (SSSR count). The maximum absolute atomic E-state index is 11.7. The molecule has 0 bridgehead atoms. The van der Waals surface area contributed by atoms with Gasteiger partial charge in [0.25, 0.3) is 0 Å². The summed E-state index contributed by atoms with van der Waals surface area (Å²) in [5, 5.41) is 9.87. The molecule has 26 heavy (non-hydrogen) atoms. The van der Waals surface area contributed by atoms with E-state index in [2.05, 4.69) is 31.9 Å². The van der Waals surface area contributed by atoms with Crippen LogP contribution in [0.2, 0.25) is 0 Å². The molecule has 1 aromatic heterocycles. The molecule has 0 radical (unpaired) electrons. The van der Waals surface area contributed by atoms with E-state index in [0.717, 1.165) is 16.8 Å². The highest BCUT2D eigenvalue weighted by Crippen LogP contribution is 2.39. The van der Waals surface area contributed by atoms with E-state index in [0.29, 0.717) is 26.8 Å². The Morgan fingerprint density at radius 2 is 1.77 bits per heavy atom. The van der Waals surface area contributed by atoms with Crippen LogP contribution in [0.3, 0.4) is 0 Å². The second-order valence-electron chi connectivity index (χ2n) is 5.59. The number of halogens is 2. The number of aromatic hydroxyl groups is 1. The fourth-order valence-electron chi connectivity index (χ4n) is 2.57. The van der Waals surface area contributed by atoms with Crippen molar-refractivity contribution in [3.05, 3.63) is 63.3 Å². The quantitative estimate of drug-likeness (QED) is 0.508. The van der Waals surface area contributed by atoms with E-state index in [1.165, 1.54) is 0 Å². The first-order valence-corrected chi connectivity index (χ1v) is 9.42. The first kappa shape index (κ1) is 18.5. The fourth-order valence-corrected chi connectivity index (χ4v) is 3.75.